The zero-order valence-corrected chi connectivity index (χ0v) is 24.5. The molecule has 1 aliphatic rings. The first kappa shape index (κ1) is 30.5. The van der Waals surface area contributed by atoms with Gasteiger partial charge in [0.15, 0.2) is 11.5 Å². The summed E-state index contributed by atoms with van der Waals surface area (Å²) in [5, 5.41) is 0. The van der Waals surface area contributed by atoms with Crippen LogP contribution in [0, 0.1) is 6.92 Å². The van der Waals surface area contributed by atoms with Gasteiger partial charge in [0.25, 0.3) is 0 Å². The van der Waals surface area contributed by atoms with Gasteiger partial charge in [-0.1, -0.05) is 25.5 Å². The number of anilines is 1. The number of hydrogen-bond donors (Lipinski definition) is 2. The first-order chi connectivity index (χ1) is 19.9. The lowest BCUT2D eigenvalue weighted by Crippen LogP contribution is -2.41. The number of nitrogens with one attached hydrogen (secondary N) is 1. The summed E-state index contributed by atoms with van der Waals surface area (Å²) >= 11 is 0. The fraction of sp³-hybridized carbons (Fsp3) is 0.586. The molecule has 3 heterocycles. The van der Waals surface area contributed by atoms with Crippen molar-refractivity contribution in [2.45, 2.75) is 59.5 Å². The van der Waals surface area contributed by atoms with E-state index >= 15 is 0 Å². The number of esters is 1. The number of benzene rings is 1. The molecule has 0 radical (unpaired) electrons. The highest BCUT2D eigenvalue weighted by atomic mass is 16.5. The Bertz CT molecular complexity index is 1350. The average molecular weight is 570 g/mol. The van der Waals surface area contributed by atoms with E-state index in [0.29, 0.717) is 30.1 Å². The lowest BCUT2D eigenvalue weighted by atomic mass is 10.1. The number of aromatic amines is 1. The number of unbranched alkanes of at least 4 members (excludes halogenated alkanes) is 2. The molecule has 1 fully saturated rings. The van der Waals surface area contributed by atoms with Crippen LogP contribution in [0.4, 0.5) is 5.82 Å². The van der Waals surface area contributed by atoms with Crippen molar-refractivity contribution in [3.63, 3.8) is 0 Å². The number of fused-ring (bicyclic) bond motifs is 1. The number of carbonyl (C=O) groups is 1. The molecule has 0 bridgehead atoms. The van der Waals surface area contributed by atoms with Crippen molar-refractivity contribution < 1.29 is 19.0 Å². The Kier molecular flexibility index (Phi) is 11.1. The van der Waals surface area contributed by atoms with Crippen LogP contribution in [0.5, 0.6) is 11.8 Å². The molecule has 0 amide bonds. The summed E-state index contributed by atoms with van der Waals surface area (Å²) in [7, 11) is 0. The average Bonchev–Trinajstić information content (AvgIpc) is 3.27. The maximum atomic E-state index is 12.7. The third-order valence-corrected chi connectivity index (χ3v) is 7.35. The monoisotopic (exact) mass is 569 g/mol. The second-order valence-corrected chi connectivity index (χ2v) is 10.4. The Balaban J connectivity index is 1.41. The quantitative estimate of drug-likeness (QED) is 0.159. The Morgan fingerprint density at radius 1 is 1.15 bits per heavy atom. The number of carbonyl (C=O) groups excluding carboxylic acids is 1. The number of nitrogens with two attached hydrogens (primary N) is 1. The zero-order chi connectivity index (χ0) is 29.2. The molecule has 3 N–H and O–H groups in total. The number of aromatic nitrogens is 4. The van der Waals surface area contributed by atoms with Crippen LogP contribution in [0.25, 0.3) is 11.2 Å². The van der Waals surface area contributed by atoms with Crippen LogP contribution in [-0.2, 0) is 22.6 Å². The molecule has 1 aromatic carbocycles. The molecule has 12 heteroatoms. The van der Waals surface area contributed by atoms with Gasteiger partial charge in [0.05, 0.1) is 19.8 Å². The summed E-state index contributed by atoms with van der Waals surface area (Å²) in [4.78, 5) is 40.6. The summed E-state index contributed by atoms with van der Waals surface area (Å²) in [6.45, 7) is 13.3. The molecule has 2 aromatic heterocycles. The van der Waals surface area contributed by atoms with E-state index in [-0.39, 0.29) is 23.5 Å². The molecule has 1 saturated heterocycles. The van der Waals surface area contributed by atoms with Crippen molar-refractivity contribution in [2.75, 3.05) is 58.3 Å². The van der Waals surface area contributed by atoms with Gasteiger partial charge < -0.3 is 24.9 Å². The molecule has 1 aliphatic heterocycles. The highest BCUT2D eigenvalue weighted by Gasteiger charge is 2.17. The molecule has 0 unspecified atom stereocenters. The Labute approximate surface area is 240 Å². The van der Waals surface area contributed by atoms with Crippen LogP contribution >= 0.6 is 0 Å². The van der Waals surface area contributed by atoms with Gasteiger partial charge in [0.1, 0.15) is 11.3 Å². The highest BCUT2D eigenvalue weighted by molar-refractivity contribution is 5.81. The summed E-state index contributed by atoms with van der Waals surface area (Å²) in [5.41, 5.74) is 8.84. The van der Waals surface area contributed by atoms with E-state index in [2.05, 4.69) is 37.7 Å². The van der Waals surface area contributed by atoms with Crippen LogP contribution in [-0.4, -0.2) is 87.8 Å². The number of rotatable bonds is 15. The van der Waals surface area contributed by atoms with Crippen LogP contribution in [0.15, 0.2) is 23.0 Å². The van der Waals surface area contributed by atoms with E-state index in [1.54, 1.807) is 4.57 Å². The standard InChI is InChI=1S/C29H43N7O5/c1-4-5-17-40-28-32-26(30)25-27(33-28)36(29(38)31-25)12-7-6-11-35(14-13-34-15-18-39-19-16-34)20-23-9-8-10-24(21(23)2)41-22(3)37/h8-10H,4-7,11-20H2,1-3H3,(H,31,38)(H2,30,32,33). The Morgan fingerprint density at radius 3 is 2.71 bits per heavy atom. The minimum absolute atomic E-state index is 0.192. The maximum Gasteiger partial charge on any atom is 0.327 e. The van der Waals surface area contributed by atoms with Crippen LogP contribution in [0.1, 0.15) is 50.7 Å². The normalized spacial score (nSPS) is 14.1. The Morgan fingerprint density at radius 2 is 1.95 bits per heavy atom. The number of nitrogen functional groups attached to an aromatic ring is 1. The number of hydrogen-bond acceptors (Lipinski definition) is 10. The summed E-state index contributed by atoms with van der Waals surface area (Å²) in [6, 6.07) is 6.03. The second kappa shape index (κ2) is 14.9. The van der Waals surface area contributed by atoms with Gasteiger partial charge in [-0.3, -0.25) is 19.2 Å². The summed E-state index contributed by atoms with van der Waals surface area (Å²) in [5.74, 6) is 0.479. The van der Waals surface area contributed by atoms with E-state index < -0.39 is 0 Å². The minimum Gasteiger partial charge on any atom is -0.463 e. The maximum absolute atomic E-state index is 12.7. The van der Waals surface area contributed by atoms with Gasteiger partial charge in [0, 0.05) is 46.2 Å². The third kappa shape index (κ3) is 8.51. The lowest BCUT2D eigenvalue weighted by Gasteiger charge is -2.30. The molecule has 3 aromatic rings. The molecule has 0 aliphatic carbocycles. The number of imidazole rings is 1. The van der Waals surface area contributed by atoms with Crippen LogP contribution < -0.4 is 20.9 Å². The predicted octanol–water partition coefficient (Wildman–Crippen LogP) is 2.73. The van der Waals surface area contributed by atoms with Crippen molar-refractivity contribution in [1.29, 1.82) is 0 Å². The van der Waals surface area contributed by atoms with Gasteiger partial charge in [-0.25, -0.2) is 4.79 Å². The minimum atomic E-state index is -0.325. The predicted molar refractivity (Wildman–Crippen MR) is 157 cm³/mol. The first-order valence-electron chi connectivity index (χ1n) is 14.5. The van der Waals surface area contributed by atoms with E-state index in [0.717, 1.165) is 89.3 Å². The third-order valence-electron chi connectivity index (χ3n) is 7.35. The molecule has 0 saturated carbocycles. The molecule has 0 atom stereocenters. The summed E-state index contributed by atoms with van der Waals surface area (Å²) in [6.07, 6.45) is 3.54. The van der Waals surface area contributed by atoms with Gasteiger partial charge in [-0.2, -0.15) is 9.97 Å². The van der Waals surface area contributed by atoms with Gasteiger partial charge in [-0.05, 0) is 49.9 Å². The molecule has 41 heavy (non-hydrogen) atoms. The largest absolute Gasteiger partial charge is 0.463 e. The van der Waals surface area contributed by atoms with Crippen molar-refractivity contribution in [1.82, 2.24) is 29.3 Å². The molecule has 4 rings (SSSR count). The molecule has 12 nitrogen and oxygen atoms in total. The number of morpholine rings is 1. The number of H-pyrrole nitrogens is 1. The fourth-order valence-corrected chi connectivity index (χ4v) is 4.93. The first-order valence-corrected chi connectivity index (χ1v) is 14.5. The number of ether oxygens (including phenoxy) is 3. The van der Waals surface area contributed by atoms with E-state index in [4.69, 9.17) is 19.9 Å². The van der Waals surface area contributed by atoms with Crippen molar-refractivity contribution in [2.24, 2.45) is 0 Å². The summed E-state index contributed by atoms with van der Waals surface area (Å²) < 4.78 is 18.2. The fourth-order valence-electron chi connectivity index (χ4n) is 4.93. The number of nitrogens with zero attached hydrogens (tertiary/aromatic N) is 5. The van der Waals surface area contributed by atoms with Gasteiger partial charge in [-0.15, -0.1) is 0 Å². The molecular formula is C29H43N7O5. The van der Waals surface area contributed by atoms with Crippen molar-refractivity contribution >= 4 is 23.0 Å². The van der Waals surface area contributed by atoms with Crippen molar-refractivity contribution in [3.05, 3.63) is 39.8 Å². The number of aryl methyl sites for hydroxylation is 1. The topological polar surface area (TPSA) is 141 Å². The lowest BCUT2D eigenvalue weighted by molar-refractivity contribution is -0.131. The van der Waals surface area contributed by atoms with Crippen LogP contribution in [0.3, 0.4) is 0 Å². The van der Waals surface area contributed by atoms with E-state index in [1.807, 2.05) is 19.1 Å². The van der Waals surface area contributed by atoms with Gasteiger partial charge in [0.2, 0.25) is 0 Å². The highest BCUT2D eigenvalue weighted by Crippen LogP contribution is 2.23. The molecule has 0 spiro atoms. The molecule has 224 valence electrons. The second-order valence-electron chi connectivity index (χ2n) is 10.4. The smallest absolute Gasteiger partial charge is 0.327 e. The zero-order valence-electron chi connectivity index (χ0n) is 24.5. The molecular weight excluding hydrogens is 526 g/mol. The SMILES string of the molecule is CCCCOc1nc(N)c2[nH]c(=O)n(CCCCN(CCN3CCOCC3)Cc3cccc(OC(C)=O)c3C)c2n1. The van der Waals surface area contributed by atoms with E-state index in [1.165, 1.54) is 6.92 Å². The van der Waals surface area contributed by atoms with Gasteiger partial charge >= 0.3 is 17.7 Å². The Hall–Kier alpha value is -3.48. The van der Waals surface area contributed by atoms with Crippen molar-refractivity contribution in [3.8, 4) is 11.8 Å². The van der Waals surface area contributed by atoms with Crippen LogP contribution in [0.2, 0.25) is 0 Å². The van der Waals surface area contributed by atoms with E-state index in [9.17, 15) is 9.59 Å².